The number of carbonyl (C=O) groups excluding carboxylic acids is 2. The molecule has 4 aliphatic rings. The molecular formula is C29H31ClN2O4. The minimum absolute atomic E-state index is 0.0475. The van der Waals surface area contributed by atoms with Crippen LogP contribution in [0.25, 0.3) is 0 Å². The molecule has 0 aromatic heterocycles. The number of amides is 1. The summed E-state index contributed by atoms with van der Waals surface area (Å²) in [5, 5.41) is 14.5. The first-order valence-electron chi connectivity index (χ1n) is 13.1. The summed E-state index contributed by atoms with van der Waals surface area (Å²) < 4.78 is 0. The standard InChI is InChI=1S/C29H31ClN2O4/c30-20-8-11-23-25(16-20)32(27(34)19-14-17-4-1-2-5-18(17)15-19)24-7-3-6-22(24)26(23)29(12-13-33,28(35)36)31-21-9-10-21/h1-2,4-5,8,11,13,16,19,21-22,24,26,31H,3,6-7,9-10,12,14-15H2,(H,35,36). The molecule has 7 heteroatoms. The normalized spacial score (nSPS) is 26.6. The molecular weight excluding hydrogens is 476 g/mol. The molecule has 1 amide bonds. The number of carboxylic acids is 1. The summed E-state index contributed by atoms with van der Waals surface area (Å²) in [7, 11) is 0. The second kappa shape index (κ2) is 9.00. The molecule has 1 heterocycles. The molecule has 2 aromatic carbocycles. The largest absolute Gasteiger partial charge is 0.480 e. The van der Waals surface area contributed by atoms with E-state index < -0.39 is 17.4 Å². The van der Waals surface area contributed by atoms with Gasteiger partial charge in [0, 0.05) is 41.1 Å². The SMILES string of the molecule is O=CCC(NC1CC1)(C(=O)O)C1c2ccc(Cl)cc2N(C(=O)C2Cc3ccccc3C2)C2CCCC21. The first kappa shape index (κ1) is 23.7. The fraction of sp³-hybridized carbons (Fsp3) is 0.483. The predicted molar refractivity (Wildman–Crippen MR) is 137 cm³/mol. The molecule has 188 valence electrons. The van der Waals surface area contributed by atoms with Gasteiger partial charge in [0.05, 0.1) is 0 Å². The van der Waals surface area contributed by atoms with E-state index in [0.29, 0.717) is 10.7 Å². The van der Waals surface area contributed by atoms with Crippen molar-refractivity contribution in [3.05, 3.63) is 64.2 Å². The lowest BCUT2D eigenvalue weighted by Gasteiger charge is -2.50. The summed E-state index contributed by atoms with van der Waals surface area (Å²) in [4.78, 5) is 41.0. The van der Waals surface area contributed by atoms with Gasteiger partial charge in [-0.15, -0.1) is 0 Å². The van der Waals surface area contributed by atoms with Crippen LogP contribution in [-0.4, -0.2) is 40.9 Å². The van der Waals surface area contributed by atoms with Gasteiger partial charge >= 0.3 is 5.97 Å². The van der Waals surface area contributed by atoms with Gasteiger partial charge in [-0.2, -0.15) is 0 Å². The van der Waals surface area contributed by atoms with Crippen molar-refractivity contribution in [1.82, 2.24) is 5.32 Å². The molecule has 2 saturated carbocycles. The van der Waals surface area contributed by atoms with Crippen LogP contribution in [0, 0.1) is 11.8 Å². The monoisotopic (exact) mass is 506 g/mol. The zero-order valence-electron chi connectivity index (χ0n) is 20.2. The van der Waals surface area contributed by atoms with Gasteiger partial charge in [-0.3, -0.25) is 14.9 Å². The smallest absolute Gasteiger partial charge is 0.325 e. The van der Waals surface area contributed by atoms with E-state index in [0.717, 1.165) is 56.8 Å². The number of benzene rings is 2. The van der Waals surface area contributed by atoms with E-state index in [1.54, 1.807) is 6.07 Å². The lowest BCUT2D eigenvalue weighted by molar-refractivity contribution is -0.148. The van der Waals surface area contributed by atoms with Crippen LogP contribution < -0.4 is 10.2 Å². The quantitative estimate of drug-likeness (QED) is 0.539. The Morgan fingerprint density at radius 1 is 1.08 bits per heavy atom. The molecule has 36 heavy (non-hydrogen) atoms. The molecule has 0 radical (unpaired) electrons. The number of hydrogen-bond acceptors (Lipinski definition) is 4. The van der Waals surface area contributed by atoms with Gasteiger partial charge in [0.25, 0.3) is 0 Å². The highest BCUT2D eigenvalue weighted by Gasteiger charge is 2.58. The lowest BCUT2D eigenvalue weighted by Crippen LogP contribution is -2.63. The molecule has 6 nitrogen and oxygen atoms in total. The third-order valence-electron chi connectivity index (χ3n) is 8.87. The van der Waals surface area contributed by atoms with Crippen LogP contribution in [0.4, 0.5) is 5.69 Å². The van der Waals surface area contributed by atoms with Crippen molar-refractivity contribution in [2.75, 3.05) is 4.90 Å². The highest BCUT2D eigenvalue weighted by molar-refractivity contribution is 6.31. The summed E-state index contributed by atoms with van der Waals surface area (Å²) in [6.07, 6.45) is 6.44. The number of fused-ring (bicyclic) bond motifs is 3. The van der Waals surface area contributed by atoms with Gasteiger partial charge < -0.3 is 14.8 Å². The number of nitrogens with zero attached hydrogens (tertiary/aromatic N) is 1. The first-order valence-corrected chi connectivity index (χ1v) is 13.4. The van der Waals surface area contributed by atoms with E-state index in [9.17, 15) is 19.5 Å². The average Bonchev–Trinajstić information content (AvgIpc) is 3.36. The number of carbonyl (C=O) groups is 3. The van der Waals surface area contributed by atoms with Crippen molar-refractivity contribution in [3.63, 3.8) is 0 Å². The van der Waals surface area contributed by atoms with Crippen molar-refractivity contribution >= 4 is 35.5 Å². The van der Waals surface area contributed by atoms with Gasteiger partial charge in [0.1, 0.15) is 11.8 Å². The van der Waals surface area contributed by atoms with Gasteiger partial charge in [-0.1, -0.05) is 48.4 Å². The Labute approximate surface area is 216 Å². The Morgan fingerprint density at radius 3 is 2.44 bits per heavy atom. The van der Waals surface area contributed by atoms with E-state index in [4.69, 9.17) is 11.6 Å². The second-order valence-electron chi connectivity index (χ2n) is 11.0. The van der Waals surface area contributed by atoms with E-state index in [2.05, 4.69) is 17.4 Å². The van der Waals surface area contributed by atoms with Gasteiger partial charge in [0.2, 0.25) is 5.91 Å². The first-order chi connectivity index (χ1) is 17.4. The maximum atomic E-state index is 14.2. The molecule has 0 bridgehead atoms. The Morgan fingerprint density at radius 2 is 1.81 bits per heavy atom. The van der Waals surface area contributed by atoms with Crippen molar-refractivity contribution < 1.29 is 19.5 Å². The van der Waals surface area contributed by atoms with Crippen molar-refractivity contribution in [2.24, 2.45) is 11.8 Å². The topological polar surface area (TPSA) is 86.7 Å². The summed E-state index contributed by atoms with van der Waals surface area (Å²) in [6.45, 7) is 0. The highest BCUT2D eigenvalue weighted by Crippen LogP contribution is 2.55. The van der Waals surface area contributed by atoms with Gasteiger partial charge in [0.15, 0.2) is 0 Å². The molecule has 2 aromatic rings. The number of anilines is 1. The summed E-state index contributed by atoms with van der Waals surface area (Å²) in [5.41, 5.74) is 2.57. The van der Waals surface area contributed by atoms with Crippen LogP contribution in [0.3, 0.4) is 0 Å². The molecule has 2 N–H and O–H groups in total. The summed E-state index contributed by atoms with van der Waals surface area (Å²) in [5.74, 6) is -1.52. The van der Waals surface area contributed by atoms with Crippen molar-refractivity contribution in [1.29, 1.82) is 0 Å². The molecule has 4 unspecified atom stereocenters. The third-order valence-corrected chi connectivity index (χ3v) is 9.11. The molecule has 2 fully saturated rings. The number of hydrogen-bond donors (Lipinski definition) is 2. The fourth-order valence-electron chi connectivity index (χ4n) is 7.20. The third kappa shape index (κ3) is 3.77. The maximum absolute atomic E-state index is 14.2. The van der Waals surface area contributed by atoms with E-state index in [-0.39, 0.29) is 36.2 Å². The minimum Gasteiger partial charge on any atom is -0.480 e. The van der Waals surface area contributed by atoms with Gasteiger partial charge in [-0.25, -0.2) is 0 Å². The molecule has 6 rings (SSSR count). The molecule has 0 saturated heterocycles. The fourth-order valence-corrected chi connectivity index (χ4v) is 7.37. The van der Waals surface area contributed by atoms with Crippen molar-refractivity contribution in [2.45, 2.75) is 74.9 Å². The van der Waals surface area contributed by atoms with Crippen LogP contribution in [0.15, 0.2) is 42.5 Å². The average molecular weight is 507 g/mol. The van der Waals surface area contributed by atoms with Gasteiger partial charge in [-0.05, 0) is 73.3 Å². The predicted octanol–water partition coefficient (Wildman–Crippen LogP) is 4.52. The number of halogens is 1. The van der Waals surface area contributed by atoms with E-state index in [1.165, 1.54) is 11.1 Å². The van der Waals surface area contributed by atoms with Crippen molar-refractivity contribution in [3.8, 4) is 0 Å². The Balaban J connectivity index is 1.45. The molecule has 4 atom stereocenters. The second-order valence-corrected chi connectivity index (χ2v) is 11.4. The maximum Gasteiger partial charge on any atom is 0.325 e. The number of rotatable bonds is 7. The molecule has 1 aliphatic heterocycles. The van der Waals surface area contributed by atoms with Crippen LogP contribution in [0.2, 0.25) is 5.02 Å². The van der Waals surface area contributed by atoms with Crippen LogP contribution in [0.5, 0.6) is 0 Å². The summed E-state index contributed by atoms with van der Waals surface area (Å²) >= 11 is 6.48. The lowest BCUT2D eigenvalue weighted by atomic mass is 9.65. The number of nitrogens with one attached hydrogen (secondary N) is 1. The van der Waals surface area contributed by atoms with E-state index >= 15 is 0 Å². The van der Waals surface area contributed by atoms with Crippen LogP contribution in [0.1, 0.15) is 61.1 Å². The number of aldehydes is 1. The number of aliphatic carboxylic acids is 1. The molecule has 3 aliphatic carbocycles. The number of carboxylic acid groups (broad SMARTS) is 1. The zero-order valence-corrected chi connectivity index (χ0v) is 20.9. The van der Waals surface area contributed by atoms with Crippen LogP contribution >= 0.6 is 11.6 Å². The Hall–Kier alpha value is -2.70. The Bertz CT molecular complexity index is 1200. The minimum atomic E-state index is -1.41. The summed E-state index contributed by atoms with van der Waals surface area (Å²) in [6, 6.07) is 13.7. The van der Waals surface area contributed by atoms with E-state index in [1.807, 2.05) is 29.2 Å². The molecule has 0 spiro atoms. The van der Waals surface area contributed by atoms with Crippen LogP contribution in [-0.2, 0) is 27.2 Å². The highest BCUT2D eigenvalue weighted by atomic mass is 35.5. The Kier molecular flexibility index (Phi) is 5.92. The zero-order chi connectivity index (χ0) is 25.0.